The smallest absolute Gasteiger partial charge is 0.338 e. The van der Waals surface area contributed by atoms with Crippen LogP contribution >= 0.6 is 11.6 Å². The van der Waals surface area contributed by atoms with Crippen molar-refractivity contribution in [1.82, 2.24) is 9.88 Å². The average molecular weight is 465 g/mol. The highest BCUT2D eigenvalue weighted by atomic mass is 35.5. The zero-order chi connectivity index (χ0) is 22.9. The first-order valence-electron chi connectivity index (χ1n) is 11.7. The lowest BCUT2D eigenvalue weighted by Gasteiger charge is -2.51. The number of ether oxygens (including phenoxy) is 2. The number of piperidine rings is 3. The Bertz CT molecular complexity index is 1150. The number of hydrogen-bond acceptors (Lipinski definition) is 5. The molecule has 0 amide bonds. The first kappa shape index (κ1) is 22.2. The van der Waals surface area contributed by atoms with Crippen LogP contribution in [0.2, 0.25) is 5.02 Å². The molecule has 0 spiro atoms. The molecule has 0 N–H and O–H groups in total. The normalized spacial score (nSPS) is 25.1. The molecule has 1 unspecified atom stereocenters. The Hall–Kier alpha value is -2.63. The fourth-order valence-corrected chi connectivity index (χ4v) is 5.72. The standard InChI is InChI=1S/C27H29ClN2O3/c1-3-17-16-30-13-11-19(17)14-25(30)26(33-27(31)18-4-6-20(28)7-5-18)22-10-12-29-24-9-8-21(32-2)15-23(22)24/h4-10,12,15,17,19,25-26H,3,11,13-14,16H2,1-2H3/t17-,19+,25-,26+/m1/s1. The fourth-order valence-electron chi connectivity index (χ4n) is 5.60. The molecular formula is C27H29ClN2O3. The zero-order valence-electron chi connectivity index (χ0n) is 19.0. The predicted molar refractivity (Wildman–Crippen MR) is 130 cm³/mol. The van der Waals surface area contributed by atoms with E-state index in [4.69, 9.17) is 21.1 Å². The molecule has 3 aliphatic heterocycles. The third-order valence-electron chi connectivity index (χ3n) is 7.41. The SMILES string of the molecule is CC[C@@H]1CN2CC[C@H]1C[C@@H]2[C@@H](OC(=O)c1ccc(Cl)cc1)c1ccnc2ccc(OC)cc12. The van der Waals surface area contributed by atoms with Gasteiger partial charge in [-0.25, -0.2) is 4.79 Å². The van der Waals surface area contributed by atoms with Gasteiger partial charge in [-0.05, 0) is 79.8 Å². The second-order valence-corrected chi connectivity index (χ2v) is 9.57. The monoisotopic (exact) mass is 464 g/mol. The Morgan fingerprint density at radius 2 is 2.03 bits per heavy atom. The number of rotatable bonds is 6. The van der Waals surface area contributed by atoms with Crippen LogP contribution in [-0.4, -0.2) is 42.1 Å². The third kappa shape index (κ3) is 4.32. The molecule has 3 fully saturated rings. The molecule has 0 saturated carbocycles. The van der Waals surface area contributed by atoms with Crippen molar-refractivity contribution in [1.29, 1.82) is 0 Å². The van der Waals surface area contributed by atoms with E-state index in [1.165, 1.54) is 12.8 Å². The summed E-state index contributed by atoms with van der Waals surface area (Å²) in [5.74, 6) is 1.82. The van der Waals surface area contributed by atoms with Crippen LogP contribution in [0.25, 0.3) is 10.9 Å². The number of fused-ring (bicyclic) bond motifs is 4. The Kier molecular flexibility index (Phi) is 6.26. The molecule has 2 aromatic carbocycles. The van der Waals surface area contributed by atoms with Gasteiger partial charge >= 0.3 is 5.97 Å². The van der Waals surface area contributed by atoms with Crippen molar-refractivity contribution in [2.45, 2.75) is 38.3 Å². The van der Waals surface area contributed by atoms with Gasteiger partial charge in [0.15, 0.2) is 0 Å². The largest absolute Gasteiger partial charge is 0.497 e. The van der Waals surface area contributed by atoms with E-state index in [2.05, 4.69) is 16.8 Å². The van der Waals surface area contributed by atoms with Gasteiger partial charge in [0.05, 0.1) is 24.2 Å². The summed E-state index contributed by atoms with van der Waals surface area (Å²) in [6.07, 6.45) is 4.85. The minimum atomic E-state index is -0.397. The molecule has 2 bridgehead atoms. The maximum Gasteiger partial charge on any atom is 0.338 e. The number of hydrogen-bond donors (Lipinski definition) is 0. The first-order chi connectivity index (χ1) is 16.1. The van der Waals surface area contributed by atoms with E-state index >= 15 is 0 Å². The molecule has 0 radical (unpaired) electrons. The van der Waals surface area contributed by atoms with Crippen molar-refractivity contribution in [3.05, 3.63) is 70.9 Å². The summed E-state index contributed by atoms with van der Waals surface area (Å²) >= 11 is 6.03. The van der Waals surface area contributed by atoms with Crippen molar-refractivity contribution in [3.63, 3.8) is 0 Å². The van der Waals surface area contributed by atoms with Gasteiger partial charge in [-0.3, -0.25) is 9.88 Å². The summed E-state index contributed by atoms with van der Waals surface area (Å²) in [6, 6.07) is 14.9. The molecule has 5 nitrogen and oxygen atoms in total. The molecule has 172 valence electrons. The minimum absolute atomic E-state index is 0.139. The first-order valence-corrected chi connectivity index (χ1v) is 12.1. The van der Waals surface area contributed by atoms with Crippen molar-refractivity contribution < 1.29 is 14.3 Å². The Morgan fingerprint density at radius 1 is 1.21 bits per heavy atom. The molecule has 4 heterocycles. The van der Waals surface area contributed by atoms with E-state index in [9.17, 15) is 4.79 Å². The van der Waals surface area contributed by atoms with Crippen LogP contribution in [0.3, 0.4) is 0 Å². The topological polar surface area (TPSA) is 51.7 Å². The van der Waals surface area contributed by atoms with Crippen molar-refractivity contribution in [2.24, 2.45) is 11.8 Å². The molecular weight excluding hydrogens is 436 g/mol. The Balaban J connectivity index is 1.55. The summed E-state index contributed by atoms with van der Waals surface area (Å²) < 4.78 is 11.8. The van der Waals surface area contributed by atoms with Crippen LogP contribution in [-0.2, 0) is 4.74 Å². The highest BCUT2D eigenvalue weighted by molar-refractivity contribution is 6.30. The number of halogens is 1. The molecule has 33 heavy (non-hydrogen) atoms. The Morgan fingerprint density at radius 3 is 2.73 bits per heavy atom. The Labute approximate surface area is 199 Å². The van der Waals surface area contributed by atoms with Gasteiger partial charge < -0.3 is 9.47 Å². The van der Waals surface area contributed by atoms with Crippen LogP contribution in [0.15, 0.2) is 54.7 Å². The van der Waals surface area contributed by atoms with E-state index in [-0.39, 0.29) is 12.0 Å². The van der Waals surface area contributed by atoms with Gasteiger partial charge in [0.25, 0.3) is 0 Å². The fraction of sp³-hybridized carbons (Fsp3) is 0.407. The minimum Gasteiger partial charge on any atom is -0.497 e. The molecule has 5 atom stereocenters. The molecule has 6 rings (SSSR count). The quantitative estimate of drug-likeness (QED) is 0.424. The van der Waals surface area contributed by atoms with Gasteiger partial charge in [-0.15, -0.1) is 0 Å². The number of methoxy groups -OCH3 is 1. The molecule has 0 aliphatic carbocycles. The molecule has 6 heteroatoms. The van der Waals surface area contributed by atoms with E-state index in [0.717, 1.165) is 47.6 Å². The lowest BCUT2D eigenvalue weighted by molar-refractivity contribution is -0.0659. The highest BCUT2D eigenvalue weighted by Gasteiger charge is 2.44. The van der Waals surface area contributed by atoms with Crippen LogP contribution in [0.5, 0.6) is 5.75 Å². The van der Waals surface area contributed by atoms with Crippen LogP contribution < -0.4 is 4.74 Å². The van der Waals surface area contributed by atoms with Gasteiger partial charge in [-0.1, -0.05) is 24.9 Å². The summed E-state index contributed by atoms with van der Waals surface area (Å²) in [5, 5.41) is 1.55. The zero-order valence-corrected chi connectivity index (χ0v) is 19.8. The van der Waals surface area contributed by atoms with E-state index in [1.807, 2.05) is 24.3 Å². The van der Waals surface area contributed by atoms with Crippen LogP contribution in [0.4, 0.5) is 0 Å². The van der Waals surface area contributed by atoms with Gasteiger partial charge in [0.1, 0.15) is 11.9 Å². The lowest BCUT2D eigenvalue weighted by atomic mass is 9.72. The average Bonchev–Trinajstić information content (AvgIpc) is 2.87. The van der Waals surface area contributed by atoms with Gasteiger partial charge in [-0.2, -0.15) is 0 Å². The van der Waals surface area contributed by atoms with Crippen LogP contribution in [0, 0.1) is 11.8 Å². The molecule has 3 aromatic rings. The number of carbonyl (C=O) groups is 1. The number of esters is 1. The summed E-state index contributed by atoms with van der Waals surface area (Å²) in [7, 11) is 1.66. The van der Waals surface area contributed by atoms with Crippen molar-refractivity contribution in [2.75, 3.05) is 20.2 Å². The second-order valence-electron chi connectivity index (χ2n) is 9.13. The van der Waals surface area contributed by atoms with Crippen LogP contribution in [0.1, 0.15) is 48.2 Å². The van der Waals surface area contributed by atoms with Crippen molar-refractivity contribution in [3.8, 4) is 5.75 Å². The molecule has 3 aliphatic rings. The number of nitrogens with zero attached hydrogens (tertiary/aromatic N) is 2. The summed E-state index contributed by atoms with van der Waals surface area (Å²) in [5.41, 5.74) is 2.35. The maximum absolute atomic E-state index is 13.2. The summed E-state index contributed by atoms with van der Waals surface area (Å²) in [6.45, 7) is 4.39. The number of aromatic nitrogens is 1. The third-order valence-corrected chi connectivity index (χ3v) is 7.66. The van der Waals surface area contributed by atoms with E-state index < -0.39 is 6.10 Å². The van der Waals surface area contributed by atoms with Crippen molar-refractivity contribution >= 4 is 28.5 Å². The van der Waals surface area contributed by atoms with E-state index in [1.54, 1.807) is 37.6 Å². The number of pyridine rings is 1. The molecule has 3 saturated heterocycles. The maximum atomic E-state index is 13.2. The van der Waals surface area contributed by atoms with Gasteiger partial charge in [0, 0.05) is 28.7 Å². The number of carbonyl (C=O) groups excluding carboxylic acids is 1. The highest BCUT2D eigenvalue weighted by Crippen LogP contribution is 2.44. The van der Waals surface area contributed by atoms with Gasteiger partial charge in [0.2, 0.25) is 0 Å². The lowest BCUT2D eigenvalue weighted by Crippen LogP contribution is -2.55. The number of benzene rings is 2. The molecule has 1 aromatic heterocycles. The predicted octanol–water partition coefficient (Wildman–Crippen LogP) is 5.92. The summed E-state index contributed by atoms with van der Waals surface area (Å²) in [4.78, 5) is 20.3. The van der Waals surface area contributed by atoms with E-state index in [0.29, 0.717) is 16.5 Å². The second kappa shape index (κ2) is 9.32.